The van der Waals surface area contributed by atoms with Crippen molar-refractivity contribution in [3.63, 3.8) is 0 Å². The molecule has 0 atom stereocenters. The number of benzene rings is 1. The van der Waals surface area contributed by atoms with E-state index in [1.165, 1.54) is 36.9 Å². The van der Waals surface area contributed by atoms with E-state index in [9.17, 15) is 0 Å². The highest BCUT2D eigenvalue weighted by atomic mass is 14.9. The van der Waals surface area contributed by atoms with Crippen molar-refractivity contribution < 1.29 is 0 Å². The maximum atomic E-state index is 5.69. The highest BCUT2D eigenvalue weighted by Crippen LogP contribution is 2.17. The number of hydrogen-bond acceptors (Lipinski definition) is 2. The minimum absolute atomic E-state index is 0.837. The Morgan fingerprint density at radius 3 is 2.67 bits per heavy atom. The first-order chi connectivity index (χ1) is 7.24. The molecule has 84 valence electrons. The summed E-state index contributed by atoms with van der Waals surface area (Å²) < 4.78 is 0. The van der Waals surface area contributed by atoms with Gasteiger partial charge < -0.3 is 11.1 Å². The SMILES string of the molecule is CCCCCCNc1ccc(N)cc1C. The third-order valence-electron chi connectivity index (χ3n) is 2.60. The van der Waals surface area contributed by atoms with Crippen LogP contribution in [0.3, 0.4) is 0 Å². The van der Waals surface area contributed by atoms with Crippen LogP contribution in [0.4, 0.5) is 11.4 Å². The number of rotatable bonds is 6. The standard InChI is InChI=1S/C13H22N2/c1-3-4-5-6-9-15-13-8-7-12(14)10-11(13)2/h7-8,10,15H,3-6,9,14H2,1-2H3. The van der Waals surface area contributed by atoms with E-state index in [0.29, 0.717) is 0 Å². The molecule has 0 bridgehead atoms. The van der Waals surface area contributed by atoms with E-state index in [4.69, 9.17) is 5.73 Å². The molecule has 0 heterocycles. The second-order valence-electron chi connectivity index (χ2n) is 4.06. The maximum Gasteiger partial charge on any atom is 0.0371 e. The topological polar surface area (TPSA) is 38.0 Å². The molecule has 0 aliphatic carbocycles. The zero-order valence-electron chi connectivity index (χ0n) is 9.84. The van der Waals surface area contributed by atoms with Gasteiger partial charge in [-0.1, -0.05) is 26.2 Å². The molecule has 0 aliphatic rings. The highest BCUT2D eigenvalue weighted by Gasteiger charge is 1.97. The van der Waals surface area contributed by atoms with E-state index in [1.807, 2.05) is 12.1 Å². The van der Waals surface area contributed by atoms with Gasteiger partial charge in [-0.15, -0.1) is 0 Å². The highest BCUT2D eigenvalue weighted by molar-refractivity contribution is 5.57. The van der Waals surface area contributed by atoms with E-state index in [0.717, 1.165) is 12.2 Å². The van der Waals surface area contributed by atoms with Crippen LogP contribution in [-0.2, 0) is 0 Å². The Labute approximate surface area is 92.9 Å². The van der Waals surface area contributed by atoms with Crippen molar-refractivity contribution in [2.45, 2.75) is 39.5 Å². The Kier molecular flexibility index (Phi) is 5.02. The number of unbranched alkanes of at least 4 members (excludes halogenated alkanes) is 3. The number of nitrogens with two attached hydrogens (primary N) is 1. The fourth-order valence-corrected chi connectivity index (χ4v) is 1.66. The first-order valence-electron chi connectivity index (χ1n) is 5.84. The molecule has 2 heteroatoms. The third-order valence-corrected chi connectivity index (χ3v) is 2.60. The van der Waals surface area contributed by atoms with E-state index in [1.54, 1.807) is 0 Å². The molecule has 0 radical (unpaired) electrons. The Bertz CT molecular complexity index is 295. The van der Waals surface area contributed by atoms with Gasteiger partial charge in [0.15, 0.2) is 0 Å². The van der Waals surface area contributed by atoms with Gasteiger partial charge in [-0.3, -0.25) is 0 Å². The summed E-state index contributed by atoms with van der Waals surface area (Å²) in [5, 5.41) is 3.44. The van der Waals surface area contributed by atoms with Gasteiger partial charge in [-0.25, -0.2) is 0 Å². The van der Waals surface area contributed by atoms with Crippen LogP contribution in [0.15, 0.2) is 18.2 Å². The molecule has 15 heavy (non-hydrogen) atoms. The maximum absolute atomic E-state index is 5.69. The molecule has 0 aliphatic heterocycles. The average molecular weight is 206 g/mol. The van der Waals surface area contributed by atoms with E-state index in [2.05, 4.69) is 25.2 Å². The Morgan fingerprint density at radius 1 is 1.20 bits per heavy atom. The molecule has 0 saturated heterocycles. The second kappa shape index (κ2) is 6.33. The van der Waals surface area contributed by atoms with Crippen molar-refractivity contribution in [2.24, 2.45) is 0 Å². The smallest absolute Gasteiger partial charge is 0.0371 e. The molecule has 1 rings (SSSR count). The summed E-state index contributed by atoms with van der Waals surface area (Å²) in [4.78, 5) is 0. The van der Waals surface area contributed by atoms with Crippen molar-refractivity contribution in [3.8, 4) is 0 Å². The molecular weight excluding hydrogens is 184 g/mol. The van der Waals surface area contributed by atoms with E-state index < -0.39 is 0 Å². The summed E-state index contributed by atoms with van der Waals surface area (Å²) in [6, 6.07) is 6.01. The predicted molar refractivity (Wildman–Crippen MR) is 68.2 cm³/mol. The monoisotopic (exact) mass is 206 g/mol. The van der Waals surface area contributed by atoms with Crippen LogP contribution in [0.1, 0.15) is 38.2 Å². The van der Waals surface area contributed by atoms with Crippen LogP contribution in [0.25, 0.3) is 0 Å². The first kappa shape index (κ1) is 11.9. The minimum atomic E-state index is 0.837. The predicted octanol–water partition coefficient (Wildman–Crippen LogP) is 3.57. The van der Waals surface area contributed by atoms with Crippen LogP contribution in [-0.4, -0.2) is 6.54 Å². The Balaban J connectivity index is 2.31. The summed E-state index contributed by atoms with van der Waals surface area (Å²) in [6.07, 6.45) is 5.19. The molecule has 0 spiro atoms. The van der Waals surface area contributed by atoms with Crippen LogP contribution in [0.2, 0.25) is 0 Å². The summed E-state index contributed by atoms with van der Waals surface area (Å²) >= 11 is 0. The van der Waals surface area contributed by atoms with Crippen LogP contribution >= 0.6 is 0 Å². The number of nitrogen functional groups attached to an aromatic ring is 1. The molecule has 0 fully saturated rings. The lowest BCUT2D eigenvalue weighted by atomic mass is 10.1. The molecule has 3 N–H and O–H groups in total. The van der Waals surface area contributed by atoms with Gasteiger partial charge >= 0.3 is 0 Å². The van der Waals surface area contributed by atoms with Crippen LogP contribution < -0.4 is 11.1 Å². The lowest BCUT2D eigenvalue weighted by molar-refractivity contribution is 0.685. The van der Waals surface area contributed by atoms with Crippen molar-refractivity contribution in [3.05, 3.63) is 23.8 Å². The number of aryl methyl sites for hydroxylation is 1. The van der Waals surface area contributed by atoms with E-state index >= 15 is 0 Å². The summed E-state index contributed by atoms with van der Waals surface area (Å²) in [5.74, 6) is 0. The van der Waals surface area contributed by atoms with Crippen LogP contribution in [0, 0.1) is 6.92 Å². The van der Waals surface area contributed by atoms with Gasteiger partial charge in [0.2, 0.25) is 0 Å². The largest absolute Gasteiger partial charge is 0.399 e. The third kappa shape index (κ3) is 4.24. The average Bonchev–Trinajstić information content (AvgIpc) is 2.20. The molecule has 0 saturated carbocycles. The summed E-state index contributed by atoms with van der Waals surface area (Å²) in [6.45, 7) is 5.38. The Morgan fingerprint density at radius 2 is 2.00 bits per heavy atom. The molecule has 2 nitrogen and oxygen atoms in total. The summed E-state index contributed by atoms with van der Waals surface area (Å²) in [5.41, 5.74) is 8.97. The fourth-order valence-electron chi connectivity index (χ4n) is 1.66. The molecule has 0 unspecified atom stereocenters. The van der Waals surface area contributed by atoms with Gasteiger partial charge in [-0.2, -0.15) is 0 Å². The lowest BCUT2D eigenvalue weighted by Gasteiger charge is -2.09. The number of nitrogens with one attached hydrogen (secondary N) is 1. The van der Waals surface area contributed by atoms with Gasteiger partial charge in [0.25, 0.3) is 0 Å². The molecular formula is C13H22N2. The number of hydrogen-bond donors (Lipinski definition) is 2. The second-order valence-corrected chi connectivity index (χ2v) is 4.06. The van der Waals surface area contributed by atoms with E-state index in [-0.39, 0.29) is 0 Å². The van der Waals surface area contributed by atoms with Crippen molar-refractivity contribution in [1.29, 1.82) is 0 Å². The summed E-state index contributed by atoms with van der Waals surface area (Å²) in [7, 11) is 0. The zero-order chi connectivity index (χ0) is 11.1. The fraction of sp³-hybridized carbons (Fsp3) is 0.538. The Hall–Kier alpha value is -1.18. The minimum Gasteiger partial charge on any atom is -0.399 e. The molecule has 0 aromatic heterocycles. The molecule has 1 aromatic carbocycles. The van der Waals surface area contributed by atoms with Gasteiger partial charge in [0.05, 0.1) is 0 Å². The van der Waals surface area contributed by atoms with Crippen molar-refractivity contribution in [2.75, 3.05) is 17.6 Å². The van der Waals surface area contributed by atoms with Gasteiger partial charge in [0.1, 0.15) is 0 Å². The van der Waals surface area contributed by atoms with Crippen molar-refractivity contribution >= 4 is 11.4 Å². The van der Waals surface area contributed by atoms with Gasteiger partial charge in [-0.05, 0) is 37.1 Å². The molecule has 0 amide bonds. The lowest BCUT2D eigenvalue weighted by Crippen LogP contribution is -2.03. The van der Waals surface area contributed by atoms with Gasteiger partial charge in [0, 0.05) is 17.9 Å². The van der Waals surface area contributed by atoms with Crippen molar-refractivity contribution in [1.82, 2.24) is 0 Å². The zero-order valence-corrected chi connectivity index (χ0v) is 9.84. The van der Waals surface area contributed by atoms with Crippen LogP contribution in [0.5, 0.6) is 0 Å². The normalized spacial score (nSPS) is 10.3. The molecule has 1 aromatic rings. The first-order valence-corrected chi connectivity index (χ1v) is 5.84. The number of anilines is 2. The quantitative estimate of drug-likeness (QED) is 0.551.